The molecule has 2 aromatic carbocycles. The summed E-state index contributed by atoms with van der Waals surface area (Å²) in [6, 6.07) is 24.4. The summed E-state index contributed by atoms with van der Waals surface area (Å²) in [6.07, 6.45) is 2.18. The summed E-state index contributed by atoms with van der Waals surface area (Å²) in [5.41, 5.74) is 1.42. The van der Waals surface area contributed by atoms with Crippen molar-refractivity contribution in [1.82, 2.24) is 9.38 Å². The maximum absolute atomic E-state index is 14.0. The number of nitrogens with one attached hydrogen (secondary N) is 1. The lowest BCUT2D eigenvalue weighted by molar-refractivity contribution is -0.148. The fourth-order valence-electron chi connectivity index (χ4n) is 5.35. The fraction of sp³-hybridized carbons (Fsp3) is 0.276. The van der Waals surface area contributed by atoms with Crippen molar-refractivity contribution in [1.29, 1.82) is 0 Å². The van der Waals surface area contributed by atoms with E-state index in [0.29, 0.717) is 30.0 Å². The Hall–Kier alpha value is -4.13. The number of fused-ring (bicyclic) bond motifs is 2. The zero-order chi connectivity index (χ0) is 25.3. The normalized spacial score (nSPS) is 18.9. The molecule has 1 N–H and O–H groups in total. The zero-order valence-electron chi connectivity index (χ0n) is 20.7. The van der Waals surface area contributed by atoms with Gasteiger partial charge in [-0.1, -0.05) is 68.4 Å². The van der Waals surface area contributed by atoms with Gasteiger partial charge in [0.05, 0.1) is 18.7 Å². The molecule has 0 radical (unpaired) electrons. The molecule has 0 amide bonds. The van der Waals surface area contributed by atoms with Gasteiger partial charge in [0.15, 0.2) is 5.54 Å². The highest BCUT2D eigenvalue weighted by Crippen LogP contribution is 2.50. The van der Waals surface area contributed by atoms with Gasteiger partial charge in [-0.15, -0.1) is 0 Å². The number of carbonyl (C=O) groups is 1. The van der Waals surface area contributed by atoms with E-state index in [4.69, 9.17) is 9.72 Å². The first-order chi connectivity index (χ1) is 17.5. The number of pyridine rings is 1. The number of hydrogen-bond acceptors (Lipinski definition) is 6. The van der Waals surface area contributed by atoms with Crippen LogP contribution in [-0.2, 0) is 16.1 Å². The van der Waals surface area contributed by atoms with Gasteiger partial charge in [-0.2, -0.15) is 0 Å². The Balaban J connectivity index is 1.82. The van der Waals surface area contributed by atoms with E-state index in [0.717, 1.165) is 11.3 Å². The third kappa shape index (κ3) is 3.90. The quantitative estimate of drug-likeness (QED) is 0.381. The van der Waals surface area contributed by atoms with Crippen LogP contribution in [0.1, 0.15) is 37.4 Å². The van der Waals surface area contributed by atoms with Gasteiger partial charge in [0.1, 0.15) is 11.5 Å². The second-order valence-electron chi connectivity index (χ2n) is 9.61. The molecule has 0 unspecified atom stereocenters. The van der Waals surface area contributed by atoms with Gasteiger partial charge >= 0.3 is 5.97 Å². The number of methoxy groups -OCH3 is 1. The molecule has 36 heavy (non-hydrogen) atoms. The van der Waals surface area contributed by atoms with Crippen molar-refractivity contribution in [3.05, 3.63) is 107 Å². The highest BCUT2D eigenvalue weighted by atomic mass is 16.5. The maximum Gasteiger partial charge on any atom is 0.334 e. The summed E-state index contributed by atoms with van der Waals surface area (Å²) < 4.78 is 7.03. The number of ether oxygens (including phenoxy) is 1. The molecule has 3 heterocycles. The SMILES string of the molecule is COC(=O)[C@]1(CC(C)C)[C@H](Nc2ccccc2)c2c(nc3ccccn3c2=O)N1Cc1ccccc1. The molecule has 0 spiro atoms. The van der Waals surface area contributed by atoms with Gasteiger partial charge in [0.25, 0.3) is 5.56 Å². The lowest BCUT2D eigenvalue weighted by Crippen LogP contribution is -2.58. The van der Waals surface area contributed by atoms with Crippen molar-refractivity contribution in [2.75, 3.05) is 17.3 Å². The first-order valence-corrected chi connectivity index (χ1v) is 12.2. The number of carbonyl (C=O) groups excluding carboxylic acids is 1. The van der Waals surface area contributed by atoms with Crippen molar-refractivity contribution in [2.45, 2.75) is 38.4 Å². The number of anilines is 2. The minimum atomic E-state index is -1.19. The average Bonchev–Trinajstić information content (AvgIpc) is 3.13. The predicted octanol–water partition coefficient (Wildman–Crippen LogP) is 4.83. The fourth-order valence-corrected chi connectivity index (χ4v) is 5.35. The van der Waals surface area contributed by atoms with Crippen LogP contribution in [0.25, 0.3) is 5.65 Å². The van der Waals surface area contributed by atoms with Crippen LogP contribution in [0, 0.1) is 5.92 Å². The Kier molecular flexibility index (Phi) is 6.22. The van der Waals surface area contributed by atoms with Crippen LogP contribution < -0.4 is 15.8 Å². The molecule has 2 atom stereocenters. The van der Waals surface area contributed by atoms with E-state index in [1.165, 1.54) is 7.11 Å². The minimum Gasteiger partial charge on any atom is -0.467 e. The van der Waals surface area contributed by atoms with Crippen molar-refractivity contribution >= 4 is 23.1 Å². The van der Waals surface area contributed by atoms with Crippen molar-refractivity contribution in [2.24, 2.45) is 5.92 Å². The van der Waals surface area contributed by atoms with Crippen molar-refractivity contribution in [3.8, 4) is 0 Å². The van der Waals surface area contributed by atoms with Crippen LogP contribution in [0.2, 0.25) is 0 Å². The summed E-state index contributed by atoms with van der Waals surface area (Å²) in [5.74, 6) is 0.246. The first-order valence-electron chi connectivity index (χ1n) is 12.2. The van der Waals surface area contributed by atoms with E-state index in [1.54, 1.807) is 16.7 Å². The molecule has 2 aromatic heterocycles. The Bertz CT molecular complexity index is 1440. The minimum absolute atomic E-state index is 0.133. The van der Waals surface area contributed by atoms with E-state index in [2.05, 4.69) is 19.2 Å². The molecular weight excluding hydrogens is 452 g/mol. The molecule has 5 rings (SSSR count). The number of nitrogens with zero attached hydrogens (tertiary/aromatic N) is 3. The van der Waals surface area contributed by atoms with Crippen LogP contribution in [0.5, 0.6) is 0 Å². The molecule has 0 saturated carbocycles. The van der Waals surface area contributed by atoms with Crippen LogP contribution in [0.3, 0.4) is 0 Å². The molecule has 7 nitrogen and oxygen atoms in total. The number of para-hydroxylation sites is 1. The second-order valence-corrected chi connectivity index (χ2v) is 9.61. The number of esters is 1. The maximum atomic E-state index is 14.0. The average molecular weight is 483 g/mol. The van der Waals surface area contributed by atoms with Crippen molar-refractivity contribution < 1.29 is 9.53 Å². The number of aromatic nitrogens is 2. The monoisotopic (exact) mass is 482 g/mol. The Labute approximate surface area is 210 Å². The zero-order valence-corrected chi connectivity index (χ0v) is 20.7. The molecule has 1 aliphatic heterocycles. The van der Waals surface area contributed by atoms with Crippen LogP contribution in [0.4, 0.5) is 11.5 Å². The van der Waals surface area contributed by atoms with Crippen LogP contribution in [0.15, 0.2) is 89.9 Å². The van der Waals surface area contributed by atoms with E-state index in [9.17, 15) is 9.59 Å². The summed E-state index contributed by atoms with van der Waals surface area (Å²) in [6.45, 7) is 4.55. The topological polar surface area (TPSA) is 75.9 Å². The second kappa shape index (κ2) is 9.49. The lowest BCUT2D eigenvalue weighted by Gasteiger charge is -2.42. The molecule has 0 bridgehead atoms. The highest BCUT2D eigenvalue weighted by Gasteiger charge is 2.60. The first kappa shape index (κ1) is 23.6. The van der Waals surface area contributed by atoms with Crippen molar-refractivity contribution in [3.63, 3.8) is 0 Å². The lowest BCUT2D eigenvalue weighted by atomic mass is 9.80. The van der Waals surface area contributed by atoms with E-state index in [1.807, 2.05) is 77.7 Å². The van der Waals surface area contributed by atoms with Gasteiger partial charge in [0, 0.05) is 18.4 Å². The Morgan fingerprint density at radius 2 is 1.69 bits per heavy atom. The van der Waals surface area contributed by atoms with Gasteiger partial charge in [-0.3, -0.25) is 9.20 Å². The molecule has 1 aliphatic rings. The van der Waals surface area contributed by atoms with E-state index in [-0.39, 0.29) is 11.5 Å². The smallest absolute Gasteiger partial charge is 0.334 e. The summed E-state index contributed by atoms with van der Waals surface area (Å²) in [5, 5.41) is 3.53. The summed E-state index contributed by atoms with van der Waals surface area (Å²) in [4.78, 5) is 34.8. The number of benzene rings is 2. The molecule has 0 aliphatic carbocycles. The largest absolute Gasteiger partial charge is 0.467 e. The molecule has 0 saturated heterocycles. The molecular formula is C29H30N4O3. The van der Waals surface area contributed by atoms with Gasteiger partial charge in [-0.25, -0.2) is 9.78 Å². The number of rotatable bonds is 7. The standard InChI is InChI=1S/C29H30N4O3/c1-20(2)18-29(28(35)36-3)25(30-22-14-8-5-9-15-22)24-26(33(29)19-21-12-6-4-7-13-21)31-23-16-10-11-17-32(23)27(24)34/h4-17,20,25,30H,18-19H2,1-3H3/t25-,29+/m1/s1. The third-order valence-corrected chi connectivity index (χ3v) is 6.78. The molecule has 4 aromatic rings. The summed E-state index contributed by atoms with van der Waals surface area (Å²) >= 11 is 0. The molecule has 184 valence electrons. The molecule has 7 heteroatoms. The van der Waals surface area contributed by atoms with Gasteiger partial charge in [0.2, 0.25) is 0 Å². The Morgan fingerprint density at radius 3 is 2.36 bits per heavy atom. The Morgan fingerprint density at radius 1 is 1.03 bits per heavy atom. The van der Waals surface area contributed by atoms with Gasteiger partial charge in [-0.05, 0) is 42.2 Å². The van der Waals surface area contributed by atoms with E-state index < -0.39 is 17.6 Å². The third-order valence-electron chi connectivity index (χ3n) is 6.78. The van der Waals surface area contributed by atoms with Crippen LogP contribution in [-0.4, -0.2) is 28.0 Å². The molecule has 0 fully saturated rings. The number of hydrogen-bond donors (Lipinski definition) is 1. The van der Waals surface area contributed by atoms with E-state index >= 15 is 0 Å². The summed E-state index contributed by atoms with van der Waals surface area (Å²) in [7, 11) is 1.41. The highest BCUT2D eigenvalue weighted by molar-refractivity contribution is 5.91. The van der Waals surface area contributed by atoms with Gasteiger partial charge < -0.3 is 15.0 Å². The predicted molar refractivity (Wildman–Crippen MR) is 141 cm³/mol. The van der Waals surface area contributed by atoms with Crippen LogP contribution >= 0.6 is 0 Å².